The van der Waals surface area contributed by atoms with E-state index in [2.05, 4.69) is 5.32 Å². The van der Waals surface area contributed by atoms with Gasteiger partial charge in [0.05, 0.1) is 23.7 Å². The van der Waals surface area contributed by atoms with Gasteiger partial charge in [-0.15, -0.1) is 0 Å². The van der Waals surface area contributed by atoms with Crippen LogP contribution >= 0.6 is 0 Å². The minimum atomic E-state index is -3.19. The summed E-state index contributed by atoms with van der Waals surface area (Å²) in [7, 11) is -3.19. The van der Waals surface area contributed by atoms with Crippen molar-refractivity contribution in [1.29, 1.82) is 0 Å². The number of rotatable bonds is 3. The van der Waals surface area contributed by atoms with Crippen LogP contribution in [0.2, 0.25) is 0 Å². The molecule has 2 N–H and O–H groups in total. The largest absolute Gasteiger partial charge is 0.390 e. The lowest BCUT2D eigenvalue weighted by Gasteiger charge is -2.22. The van der Waals surface area contributed by atoms with E-state index in [0.29, 0.717) is 18.3 Å². The van der Waals surface area contributed by atoms with E-state index >= 15 is 0 Å². The highest BCUT2D eigenvalue weighted by Crippen LogP contribution is 2.49. The molecule has 2 saturated carbocycles. The van der Waals surface area contributed by atoms with Crippen molar-refractivity contribution in [2.24, 2.45) is 17.8 Å². The molecule has 0 aromatic carbocycles. The maximum Gasteiger partial charge on any atom is 0.220 e. The topological polar surface area (TPSA) is 83.5 Å². The number of carbonyl (C=O) groups excluding carboxylic acids is 1. The Morgan fingerprint density at radius 1 is 1.21 bits per heavy atom. The van der Waals surface area contributed by atoms with Crippen LogP contribution in [0.15, 0.2) is 0 Å². The molecule has 3 rings (SSSR count). The first kappa shape index (κ1) is 13.4. The van der Waals surface area contributed by atoms with Gasteiger partial charge in [-0.05, 0) is 37.0 Å². The van der Waals surface area contributed by atoms with Crippen molar-refractivity contribution in [2.75, 3.05) is 11.5 Å². The SMILES string of the molecule is O=C(CC1CC2CCC1C2)N[C@@H]1CS(=O)(=O)C[C@H]1O. The lowest BCUT2D eigenvalue weighted by molar-refractivity contribution is -0.123. The van der Waals surface area contributed by atoms with Gasteiger partial charge in [-0.3, -0.25) is 4.79 Å². The molecule has 19 heavy (non-hydrogen) atoms. The Morgan fingerprint density at radius 2 is 2.00 bits per heavy atom. The molecule has 108 valence electrons. The first-order valence-corrected chi connectivity index (χ1v) is 8.93. The molecule has 0 spiro atoms. The van der Waals surface area contributed by atoms with Crippen LogP contribution in [0.25, 0.3) is 0 Å². The number of hydrogen-bond acceptors (Lipinski definition) is 4. The third kappa shape index (κ3) is 2.79. The van der Waals surface area contributed by atoms with Gasteiger partial charge in [-0.25, -0.2) is 8.42 Å². The van der Waals surface area contributed by atoms with Gasteiger partial charge in [0.2, 0.25) is 5.91 Å². The molecule has 1 heterocycles. The Kier molecular flexibility index (Phi) is 3.33. The van der Waals surface area contributed by atoms with Gasteiger partial charge < -0.3 is 10.4 Å². The van der Waals surface area contributed by atoms with Crippen molar-refractivity contribution in [1.82, 2.24) is 5.32 Å². The number of carbonyl (C=O) groups is 1. The van der Waals surface area contributed by atoms with Gasteiger partial charge >= 0.3 is 0 Å². The zero-order valence-corrected chi connectivity index (χ0v) is 11.7. The summed E-state index contributed by atoms with van der Waals surface area (Å²) in [5.74, 6) is 1.50. The summed E-state index contributed by atoms with van der Waals surface area (Å²) in [6.45, 7) is 0. The van der Waals surface area contributed by atoms with Crippen molar-refractivity contribution in [2.45, 2.75) is 44.2 Å². The number of sulfone groups is 1. The molecular weight excluding hydrogens is 266 g/mol. The molecule has 1 saturated heterocycles. The number of fused-ring (bicyclic) bond motifs is 2. The van der Waals surface area contributed by atoms with Gasteiger partial charge in [0.15, 0.2) is 9.84 Å². The van der Waals surface area contributed by atoms with Crippen LogP contribution in [-0.2, 0) is 14.6 Å². The fraction of sp³-hybridized carbons (Fsp3) is 0.923. The molecular formula is C13H21NO4S. The third-order valence-electron chi connectivity index (χ3n) is 5.00. The molecule has 3 fully saturated rings. The monoisotopic (exact) mass is 287 g/mol. The Bertz CT molecular complexity index is 475. The van der Waals surface area contributed by atoms with Gasteiger partial charge in [-0.1, -0.05) is 6.42 Å². The Morgan fingerprint density at radius 3 is 2.53 bits per heavy atom. The summed E-state index contributed by atoms with van der Waals surface area (Å²) in [5, 5.41) is 12.3. The Hall–Kier alpha value is -0.620. The van der Waals surface area contributed by atoms with E-state index in [1.165, 1.54) is 19.3 Å². The molecule has 3 aliphatic rings. The third-order valence-corrected chi connectivity index (χ3v) is 6.72. The van der Waals surface area contributed by atoms with E-state index in [1.54, 1.807) is 0 Å². The van der Waals surface area contributed by atoms with Crippen LogP contribution in [0, 0.1) is 17.8 Å². The van der Waals surface area contributed by atoms with Crippen molar-refractivity contribution < 1.29 is 18.3 Å². The summed E-state index contributed by atoms with van der Waals surface area (Å²) in [6, 6.07) is -0.615. The van der Waals surface area contributed by atoms with Gasteiger partial charge in [0, 0.05) is 6.42 Å². The number of amides is 1. The van der Waals surface area contributed by atoms with E-state index in [-0.39, 0.29) is 17.4 Å². The number of aliphatic hydroxyl groups excluding tert-OH is 1. The summed E-state index contributed by atoms with van der Waals surface area (Å²) < 4.78 is 22.7. The molecule has 1 aliphatic heterocycles. The summed E-state index contributed by atoms with van der Waals surface area (Å²) in [5.41, 5.74) is 0. The molecule has 5 atom stereocenters. The molecule has 2 aliphatic carbocycles. The predicted octanol–water partition coefficient (Wildman–Crippen LogP) is 0.0868. The van der Waals surface area contributed by atoms with E-state index in [4.69, 9.17) is 0 Å². The van der Waals surface area contributed by atoms with Gasteiger partial charge in [-0.2, -0.15) is 0 Å². The van der Waals surface area contributed by atoms with E-state index < -0.39 is 22.0 Å². The second kappa shape index (κ2) is 4.74. The van der Waals surface area contributed by atoms with Crippen molar-refractivity contribution >= 4 is 15.7 Å². The second-order valence-electron chi connectivity index (χ2n) is 6.46. The quantitative estimate of drug-likeness (QED) is 0.770. The molecule has 1 amide bonds. The molecule has 3 unspecified atom stereocenters. The minimum Gasteiger partial charge on any atom is -0.390 e. The van der Waals surface area contributed by atoms with Crippen LogP contribution < -0.4 is 5.32 Å². The highest BCUT2D eigenvalue weighted by Gasteiger charge is 2.41. The summed E-state index contributed by atoms with van der Waals surface area (Å²) in [4.78, 5) is 12.0. The molecule has 5 nitrogen and oxygen atoms in total. The van der Waals surface area contributed by atoms with Crippen LogP contribution in [0.4, 0.5) is 0 Å². The molecule has 0 aromatic heterocycles. The summed E-state index contributed by atoms with van der Waals surface area (Å²) in [6.07, 6.45) is 4.49. The number of nitrogens with one attached hydrogen (secondary N) is 1. The fourth-order valence-electron chi connectivity index (χ4n) is 4.10. The Balaban J connectivity index is 1.52. The standard InChI is InChI=1S/C13H21NO4S/c15-12-7-19(17,18)6-11(12)14-13(16)5-10-4-8-1-2-9(10)3-8/h8-12,15H,1-7H2,(H,14,16)/t8?,9?,10?,11-,12-/m1/s1. The predicted molar refractivity (Wildman–Crippen MR) is 70.1 cm³/mol. The molecule has 6 heteroatoms. The zero-order valence-electron chi connectivity index (χ0n) is 10.9. The van der Waals surface area contributed by atoms with E-state index in [0.717, 1.165) is 12.3 Å². The lowest BCUT2D eigenvalue weighted by atomic mass is 9.86. The highest BCUT2D eigenvalue weighted by molar-refractivity contribution is 7.91. The van der Waals surface area contributed by atoms with Crippen molar-refractivity contribution in [3.63, 3.8) is 0 Å². The second-order valence-corrected chi connectivity index (χ2v) is 8.61. The summed E-state index contributed by atoms with van der Waals surface area (Å²) >= 11 is 0. The van der Waals surface area contributed by atoms with Gasteiger partial charge in [0.25, 0.3) is 0 Å². The maximum atomic E-state index is 12.0. The highest BCUT2D eigenvalue weighted by atomic mass is 32.2. The normalized spacial score (nSPS) is 43.5. The number of hydrogen-bond donors (Lipinski definition) is 2. The maximum absolute atomic E-state index is 12.0. The minimum absolute atomic E-state index is 0.0984. The van der Waals surface area contributed by atoms with Crippen LogP contribution in [-0.4, -0.2) is 43.1 Å². The zero-order chi connectivity index (χ0) is 13.6. The molecule has 2 bridgehead atoms. The van der Waals surface area contributed by atoms with Crippen molar-refractivity contribution in [3.8, 4) is 0 Å². The average molecular weight is 287 g/mol. The smallest absolute Gasteiger partial charge is 0.220 e. The first-order valence-electron chi connectivity index (χ1n) is 7.11. The van der Waals surface area contributed by atoms with Crippen LogP contribution in [0.5, 0.6) is 0 Å². The van der Waals surface area contributed by atoms with Crippen LogP contribution in [0.3, 0.4) is 0 Å². The lowest BCUT2D eigenvalue weighted by Crippen LogP contribution is -2.43. The van der Waals surface area contributed by atoms with Gasteiger partial charge in [0.1, 0.15) is 0 Å². The first-order chi connectivity index (χ1) is 8.93. The molecule has 0 radical (unpaired) electrons. The van der Waals surface area contributed by atoms with E-state index in [9.17, 15) is 18.3 Å². The molecule has 0 aromatic rings. The Labute approximate surface area is 113 Å². The van der Waals surface area contributed by atoms with Crippen molar-refractivity contribution in [3.05, 3.63) is 0 Å². The number of aliphatic hydroxyl groups is 1. The fourth-order valence-corrected chi connectivity index (χ4v) is 5.84. The van der Waals surface area contributed by atoms with E-state index in [1.807, 2.05) is 0 Å². The van der Waals surface area contributed by atoms with Crippen LogP contribution in [0.1, 0.15) is 32.1 Å². The average Bonchev–Trinajstić information content (AvgIpc) is 2.93.